The average Bonchev–Trinajstić information content (AvgIpc) is 3.28. The van der Waals surface area contributed by atoms with Gasteiger partial charge in [0.15, 0.2) is 5.58 Å². The summed E-state index contributed by atoms with van der Waals surface area (Å²) in [6.45, 7) is 0. The summed E-state index contributed by atoms with van der Waals surface area (Å²) in [5.41, 5.74) is 4.78. The van der Waals surface area contributed by atoms with Crippen LogP contribution in [0.3, 0.4) is 0 Å². The number of hydrogen-bond acceptors (Lipinski definition) is 2. The number of hydrogen-bond donors (Lipinski definition) is 1. The van der Waals surface area contributed by atoms with Gasteiger partial charge in [0.05, 0.1) is 5.52 Å². The quantitative estimate of drug-likeness (QED) is 0.384. The zero-order valence-electron chi connectivity index (χ0n) is 13.9. The Kier molecular flexibility index (Phi) is 2.61. The van der Waals surface area contributed by atoms with Gasteiger partial charge in [0.25, 0.3) is 0 Å². The van der Waals surface area contributed by atoms with Gasteiger partial charge in [-0.1, -0.05) is 42.5 Å². The van der Waals surface area contributed by atoms with Gasteiger partial charge in [0.2, 0.25) is 5.89 Å². The molecule has 2 aromatic heterocycles. The minimum Gasteiger partial charge on any atom is -0.434 e. The maximum Gasteiger partial charge on any atom is 0.227 e. The molecule has 0 saturated heterocycles. The lowest BCUT2D eigenvalue weighted by molar-refractivity contribution is 0.622. The second kappa shape index (κ2) is 4.96. The molecule has 2 heterocycles. The number of nitrogens with zero attached hydrogens (tertiary/aromatic N) is 1. The van der Waals surface area contributed by atoms with Crippen LogP contribution in [0.2, 0.25) is 0 Å². The van der Waals surface area contributed by atoms with Crippen LogP contribution in [-0.2, 0) is 0 Å². The SMILES string of the molecule is c1ccc(-c2nc3ccc4c5cc6ccccc6cc5[nH]c4c3o2)cc1. The van der Waals surface area contributed by atoms with Crippen molar-refractivity contribution in [3.8, 4) is 11.5 Å². The average molecular weight is 334 g/mol. The van der Waals surface area contributed by atoms with Crippen LogP contribution in [0, 0.1) is 0 Å². The summed E-state index contributed by atoms with van der Waals surface area (Å²) < 4.78 is 6.15. The van der Waals surface area contributed by atoms with Crippen molar-refractivity contribution >= 4 is 43.7 Å². The Bertz CT molecular complexity index is 1420. The van der Waals surface area contributed by atoms with E-state index in [0.717, 1.165) is 33.1 Å². The van der Waals surface area contributed by atoms with Gasteiger partial charge in [-0.2, -0.15) is 0 Å². The molecule has 1 N–H and O–H groups in total. The van der Waals surface area contributed by atoms with Crippen molar-refractivity contribution in [3.63, 3.8) is 0 Å². The Labute approximate surface area is 148 Å². The summed E-state index contributed by atoms with van der Waals surface area (Å²) in [5, 5.41) is 4.83. The number of benzene rings is 4. The van der Waals surface area contributed by atoms with Crippen LogP contribution in [0.1, 0.15) is 0 Å². The van der Waals surface area contributed by atoms with Crippen LogP contribution in [-0.4, -0.2) is 9.97 Å². The van der Waals surface area contributed by atoms with Crippen molar-refractivity contribution in [2.45, 2.75) is 0 Å². The molecule has 6 aromatic rings. The summed E-state index contributed by atoms with van der Waals surface area (Å²) in [4.78, 5) is 8.22. The van der Waals surface area contributed by atoms with E-state index in [1.54, 1.807) is 0 Å². The predicted octanol–water partition coefficient (Wildman–Crippen LogP) is 6.28. The van der Waals surface area contributed by atoms with Gasteiger partial charge in [-0.3, -0.25) is 0 Å². The van der Waals surface area contributed by atoms with E-state index in [-0.39, 0.29) is 0 Å². The first-order chi connectivity index (χ1) is 12.9. The van der Waals surface area contributed by atoms with Crippen molar-refractivity contribution in [3.05, 3.63) is 78.9 Å². The molecule has 0 bridgehead atoms. The summed E-state index contributed by atoms with van der Waals surface area (Å²) in [7, 11) is 0. The highest BCUT2D eigenvalue weighted by Gasteiger charge is 2.14. The third-order valence-electron chi connectivity index (χ3n) is 5.01. The van der Waals surface area contributed by atoms with Gasteiger partial charge in [0, 0.05) is 21.9 Å². The van der Waals surface area contributed by atoms with Crippen molar-refractivity contribution in [1.82, 2.24) is 9.97 Å². The first-order valence-corrected chi connectivity index (χ1v) is 8.66. The Morgan fingerprint density at radius 1 is 0.731 bits per heavy atom. The van der Waals surface area contributed by atoms with E-state index >= 15 is 0 Å². The van der Waals surface area contributed by atoms with Gasteiger partial charge in [-0.15, -0.1) is 0 Å². The Morgan fingerprint density at radius 2 is 1.50 bits per heavy atom. The lowest BCUT2D eigenvalue weighted by Crippen LogP contribution is -1.74. The number of H-pyrrole nitrogens is 1. The molecule has 0 aliphatic rings. The number of oxazole rings is 1. The summed E-state index contributed by atoms with van der Waals surface area (Å²) in [5.74, 6) is 0.650. The van der Waals surface area contributed by atoms with Gasteiger partial charge in [0.1, 0.15) is 5.52 Å². The van der Waals surface area contributed by atoms with Crippen LogP contribution in [0.5, 0.6) is 0 Å². The number of aromatic amines is 1. The van der Waals surface area contributed by atoms with Gasteiger partial charge >= 0.3 is 0 Å². The van der Waals surface area contributed by atoms with Crippen molar-refractivity contribution in [1.29, 1.82) is 0 Å². The lowest BCUT2D eigenvalue weighted by atomic mass is 10.1. The van der Waals surface area contributed by atoms with Crippen LogP contribution in [0.4, 0.5) is 0 Å². The smallest absolute Gasteiger partial charge is 0.227 e. The van der Waals surface area contributed by atoms with E-state index in [4.69, 9.17) is 4.42 Å². The molecule has 0 spiro atoms. The number of rotatable bonds is 1. The molecule has 26 heavy (non-hydrogen) atoms. The molecular weight excluding hydrogens is 320 g/mol. The fourth-order valence-electron chi connectivity index (χ4n) is 3.75. The monoisotopic (exact) mass is 334 g/mol. The fraction of sp³-hybridized carbons (Fsp3) is 0. The van der Waals surface area contributed by atoms with Crippen LogP contribution >= 0.6 is 0 Å². The van der Waals surface area contributed by atoms with Crippen molar-refractivity contribution in [2.24, 2.45) is 0 Å². The zero-order valence-corrected chi connectivity index (χ0v) is 13.9. The topological polar surface area (TPSA) is 41.8 Å². The molecule has 0 atom stereocenters. The highest BCUT2D eigenvalue weighted by Crippen LogP contribution is 2.35. The molecule has 0 amide bonds. The van der Waals surface area contributed by atoms with Gasteiger partial charge < -0.3 is 9.40 Å². The third-order valence-corrected chi connectivity index (χ3v) is 5.01. The van der Waals surface area contributed by atoms with E-state index in [2.05, 4.69) is 52.4 Å². The number of fused-ring (bicyclic) bond motifs is 6. The third kappa shape index (κ3) is 1.85. The molecule has 0 aliphatic heterocycles. The summed E-state index contributed by atoms with van der Waals surface area (Å²) >= 11 is 0. The standard InChI is InChI=1S/C23H14N2O/c1-2-6-14(7-3-1)23-25-19-11-10-17-18-12-15-8-4-5-9-16(15)13-20(18)24-21(17)22(19)26-23/h1-13,24H. The first-order valence-electron chi connectivity index (χ1n) is 8.66. The van der Waals surface area contributed by atoms with Crippen LogP contribution in [0.25, 0.3) is 55.1 Å². The molecule has 0 fully saturated rings. The second-order valence-corrected chi connectivity index (χ2v) is 6.59. The molecule has 122 valence electrons. The summed E-state index contributed by atoms with van der Waals surface area (Å²) in [6, 6.07) is 27.0. The maximum absolute atomic E-state index is 6.15. The normalized spacial score (nSPS) is 11.8. The Morgan fingerprint density at radius 3 is 2.35 bits per heavy atom. The van der Waals surface area contributed by atoms with Crippen LogP contribution in [0.15, 0.2) is 83.3 Å². The van der Waals surface area contributed by atoms with E-state index in [0.29, 0.717) is 5.89 Å². The van der Waals surface area contributed by atoms with E-state index in [9.17, 15) is 0 Å². The molecule has 0 aliphatic carbocycles. The lowest BCUT2D eigenvalue weighted by Gasteiger charge is -1.97. The van der Waals surface area contributed by atoms with E-state index in [1.165, 1.54) is 16.2 Å². The van der Waals surface area contributed by atoms with Gasteiger partial charge in [-0.25, -0.2) is 4.98 Å². The van der Waals surface area contributed by atoms with E-state index < -0.39 is 0 Å². The Hall–Kier alpha value is -3.59. The van der Waals surface area contributed by atoms with Crippen LogP contribution < -0.4 is 0 Å². The zero-order chi connectivity index (χ0) is 17.1. The summed E-state index contributed by atoms with van der Waals surface area (Å²) in [6.07, 6.45) is 0. The maximum atomic E-state index is 6.15. The molecule has 0 unspecified atom stereocenters. The number of nitrogens with one attached hydrogen (secondary N) is 1. The van der Waals surface area contributed by atoms with Crippen molar-refractivity contribution < 1.29 is 4.42 Å². The molecule has 0 saturated carbocycles. The molecule has 6 rings (SSSR count). The highest BCUT2D eigenvalue weighted by molar-refractivity contribution is 6.17. The molecular formula is C23H14N2O. The fourth-order valence-corrected chi connectivity index (χ4v) is 3.75. The van der Waals surface area contributed by atoms with E-state index in [1.807, 2.05) is 36.4 Å². The largest absolute Gasteiger partial charge is 0.434 e. The first kappa shape index (κ1) is 13.7. The predicted molar refractivity (Wildman–Crippen MR) is 106 cm³/mol. The second-order valence-electron chi connectivity index (χ2n) is 6.59. The highest BCUT2D eigenvalue weighted by atomic mass is 16.3. The minimum atomic E-state index is 0.650. The molecule has 0 radical (unpaired) electrons. The molecule has 3 nitrogen and oxygen atoms in total. The minimum absolute atomic E-state index is 0.650. The number of aromatic nitrogens is 2. The molecule has 3 heteroatoms. The van der Waals surface area contributed by atoms with Crippen molar-refractivity contribution in [2.75, 3.05) is 0 Å². The Balaban J connectivity index is 1.69. The van der Waals surface area contributed by atoms with Gasteiger partial charge in [-0.05, 0) is 47.2 Å². The molecule has 4 aromatic carbocycles.